The molecule has 0 aromatic heterocycles. The minimum atomic E-state index is -2.81. The standard InChI is InChI=1S/C30H29F2NO5/c1-19-12-13-22-17-33(25(29(35)36)14-24(22)26(19)37-18-20-8-4-2-5-9-20)28(34)27(21-10-6-3-7-11-21)38-23-15-30(31,32)16-23/h2-13,23,25,27H,14-18H2,1H3,(H,35,36)/t25-,27-/m0/s1. The van der Waals surface area contributed by atoms with Crippen LogP contribution >= 0.6 is 0 Å². The molecule has 3 aromatic rings. The Kier molecular flexibility index (Phi) is 7.17. The fourth-order valence-corrected chi connectivity index (χ4v) is 5.09. The number of nitrogens with zero attached hydrogens (tertiary/aromatic N) is 1. The van der Waals surface area contributed by atoms with Crippen LogP contribution < -0.4 is 4.74 Å². The quantitative estimate of drug-likeness (QED) is 0.426. The third-order valence-corrected chi connectivity index (χ3v) is 7.17. The van der Waals surface area contributed by atoms with Gasteiger partial charge in [-0.05, 0) is 29.2 Å². The maximum absolute atomic E-state index is 13.8. The van der Waals surface area contributed by atoms with Crippen molar-refractivity contribution in [3.05, 3.63) is 101 Å². The molecule has 0 radical (unpaired) electrons. The number of alkyl halides is 2. The topological polar surface area (TPSA) is 76.1 Å². The monoisotopic (exact) mass is 521 g/mol. The lowest BCUT2D eigenvalue weighted by Crippen LogP contribution is -2.51. The summed E-state index contributed by atoms with van der Waals surface area (Å²) < 4.78 is 39.1. The maximum Gasteiger partial charge on any atom is 0.326 e. The maximum atomic E-state index is 13.8. The first-order chi connectivity index (χ1) is 18.2. The van der Waals surface area contributed by atoms with Crippen LogP contribution in [0.3, 0.4) is 0 Å². The zero-order valence-corrected chi connectivity index (χ0v) is 21.0. The molecular formula is C30H29F2NO5. The van der Waals surface area contributed by atoms with Gasteiger partial charge in [0.05, 0.1) is 6.10 Å². The van der Waals surface area contributed by atoms with Crippen molar-refractivity contribution in [3.8, 4) is 5.75 Å². The van der Waals surface area contributed by atoms with E-state index in [1.165, 1.54) is 4.90 Å². The van der Waals surface area contributed by atoms with Crippen LogP contribution in [-0.2, 0) is 33.9 Å². The van der Waals surface area contributed by atoms with Gasteiger partial charge in [0.15, 0.2) is 6.10 Å². The van der Waals surface area contributed by atoms with E-state index >= 15 is 0 Å². The summed E-state index contributed by atoms with van der Waals surface area (Å²) in [4.78, 5) is 27.5. The van der Waals surface area contributed by atoms with Crippen LogP contribution in [-0.4, -0.2) is 40.0 Å². The van der Waals surface area contributed by atoms with Gasteiger partial charge in [-0.2, -0.15) is 0 Å². The SMILES string of the molecule is Cc1ccc2c(c1OCc1ccccc1)C[C@@H](C(=O)O)N(C(=O)[C@@H](OC1CC(F)(F)C1)c1ccccc1)C2. The molecule has 1 heterocycles. The molecule has 1 saturated carbocycles. The van der Waals surface area contributed by atoms with Crippen LogP contribution in [0.4, 0.5) is 8.78 Å². The van der Waals surface area contributed by atoms with Crippen molar-refractivity contribution in [2.24, 2.45) is 0 Å². The van der Waals surface area contributed by atoms with Crippen molar-refractivity contribution in [1.29, 1.82) is 0 Å². The third kappa shape index (κ3) is 5.41. The van der Waals surface area contributed by atoms with Crippen LogP contribution in [0.2, 0.25) is 0 Å². The van der Waals surface area contributed by atoms with Gasteiger partial charge in [0.1, 0.15) is 18.4 Å². The summed E-state index contributed by atoms with van der Waals surface area (Å²) in [6.07, 6.45) is -2.82. The fourth-order valence-electron chi connectivity index (χ4n) is 5.09. The van der Waals surface area contributed by atoms with Crippen LogP contribution in [0.25, 0.3) is 0 Å². The van der Waals surface area contributed by atoms with Gasteiger partial charge in [0.2, 0.25) is 0 Å². The predicted molar refractivity (Wildman–Crippen MR) is 136 cm³/mol. The summed E-state index contributed by atoms with van der Waals surface area (Å²) in [5.74, 6) is -3.90. The number of aliphatic carboxylic acids is 1. The molecule has 2 aliphatic rings. The van der Waals surface area contributed by atoms with Gasteiger partial charge < -0.3 is 19.5 Å². The molecule has 1 aliphatic carbocycles. The lowest BCUT2D eigenvalue weighted by atomic mass is 9.89. The summed E-state index contributed by atoms with van der Waals surface area (Å²) in [6.45, 7) is 2.27. The summed E-state index contributed by atoms with van der Waals surface area (Å²) in [6, 6.07) is 20.9. The summed E-state index contributed by atoms with van der Waals surface area (Å²) in [5.41, 5.74) is 3.90. The number of halogens is 2. The van der Waals surface area contributed by atoms with E-state index in [1.807, 2.05) is 49.4 Å². The number of hydrogen-bond acceptors (Lipinski definition) is 4. The summed E-state index contributed by atoms with van der Waals surface area (Å²) in [7, 11) is 0. The third-order valence-electron chi connectivity index (χ3n) is 7.17. The number of benzene rings is 3. The van der Waals surface area contributed by atoms with Crippen molar-refractivity contribution in [1.82, 2.24) is 4.90 Å². The predicted octanol–water partition coefficient (Wildman–Crippen LogP) is 5.47. The van der Waals surface area contributed by atoms with E-state index < -0.39 is 48.9 Å². The first-order valence-electron chi connectivity index (χ1n) is 12.6. The molecule has 38 heavy (non-hydrogen) atoms. The Morgan fingerprint density at radius 3 is 2.32 bits per heavy atom. The Morgan fingerprint density at radius 2 is 1.68 bits per heavy atom. The number of fused-ring (bicyclic) bond motifs is 1. The second-order valence-corrected chi connectivity index (χ2v) is 9.96. The van der Waals surface area contributed by atoms with Crippen LogP contribution in [0.1, 0.15) is 46.8 Å². The van der Waals surface area contributed by atoms with Crippen molar-refractivity contribution in [2.75, 3.05) is 0 Å². The number of amides is 1. The van der Waals surface area contributed by atoms with Gasteiger partial charge >= 0.3 is 5.97 Å². The highest BCUT2D eigenvalue weighted by Gasteiger charge is 2.49. The Labute approximate surface area is 219 Å². The molecule has 2 atom stereocenters. The smallest absolute Gasteiger partial charge is 0.326 e. The van der Waals surface area contributed by atoms with Gasteiger partial charge in [-0.3, -0.25) is 4.79 Å². The summed E-state index contributed by atoms with van der Waals surface area (Å²) in [5, 5.41) is 10.1. The minimum Gasteiger partial charge on any atom is -0.488 e. The number of carboxylic acid groups (broad SMARTS) is 1. The molecule has 0 unspecified atom stereocenters. The van der Waals surface area contributed by atoms with Crippen LogP contribution in [0, 0.1) is 6.92 Å². The Morgan fingerprint density at radius 1 is 1.03 bits per heavy atom. The molecule has 5 rings (SSSR count). The molecule has 0 bridgehead atoms. The largest absolute Gasteiger partial charge is 0.488 e. The minimum absolute atomic E-state index is 0.0423. The molecule has 0 spiro atoms. The lowest BCUT2D eigenvalue weighted by Gasteiger charge is -2.40. The summed E-state index contributed by atoms with van der Waals surface area (Å²) >= 11 is 0. The number of aryl methyl sites for hydroxylation is 1. The van der Waals surface area contributed by atoms with Crippen molar-refractivity contribution >= 4 is 11.9 Å². The highest BCUT2D eigenvalue weighted by Crippen LogP contribution is 2.42. The van der Waals surface area contributed by atoms with E-state index in [-0.39, 0.29) is 13.0 Å². The molecule has 1 fully saturated rings. The fraction of sp³-hybridized carbons (Fsp3) is 0.333. The second kappa shape index (κ2) is 10.5. The number of carbonyl (C=O) groups is 2. The lowest BCUT2D eigenvalue weighted by molar-refractivity contribution is -0.193. The van der Waals surface area contributed by atoms with Gasteiger partial charge in [-0.1, -0.05) is 72.8 Å². The number of carbonyl (C=O) groups excluding carboxylic acids is 1. The highest BCUT2D eigenvalue weighted by atomic mass is 19.3. The van der Waals surface area contributed by atoms with Crippen LogP contribution in [0.5, 0.6) is 5.75 Å². The number of carboxylic acids is 1. The Bertz CT molecular complexity index is 1310. The molecule has 3 aromatic carbocycles. The normalized spacial score (nSPS) is 19.2. The number of rotatable bonds is 8. The molecule has 0 saturated heterocycles. The van der Waals surface area contributed by atoms with E-state index in [2.05, 4.69) is 0 Å². The molecular weight excluding hydrogens is 492 g/mol. The van der Waals surface area contributed by atoms with Crippen molar-refractivity contribution in [3.63, 3.8) is 0 Å². The van der Waals surface area contributed by atoms with Crippen molar-refractivity contribution in [2.45, 2.75) is 63.5 Å². The molecule has 1 amide bonds. The van der Waals surface area contributed by atoms with Gasteiger partial charge in [0, 0.05) is 31.4 Å². The molecule has 6 nitrogen and oxygen atoms in total. The van der Waals surface area contributed by atoms with E-state index in [0.29, 0.717) is 17.9 Å². The van der Waals surface area contributed by atoms with E-state index in [0.717, 1.165) is 22.3 Å². The van der Waals surface area contributed by atoms with E-state index in [9.17, 15) is 23.5 Å². The Balaban J connectivity index is 1.43. The number of hydrogen-bond donors (Lipinski definition) is 1. The highest BCUT2D eigenvalue weighted by molar-refractivity contribution is 5.88. The average molecular weight is 522 g/mol. The molecule has 1 N–H and O–H groups in total. The number of ether oxygens (including phenoxy) is 2. The average Bonchev–Trinajstić information content (AvgIpc) is 2.90. The molecule has 8 heteroatoms. The molecule has 198 valence electrons. The van der Waals surface area contributed by atoms with E-state index in [4.69, 9.17) is 9.47 Å². The molecule has 1 aliphatic heterocycles. The van der Waals surface area contributed by atoms with Crippen molar-refractivity contribution < 1.29 is 33.0 Å². The first kappa shape index (κ1) is 25.9. The van der Waals surface area contributed by atoms with Gasteiger partial charge in [0.25, 0.3) is 11.8 Å². The van der Waals surface area contributed by atoms with Gasteiger partial charge in [-0.15, -0.1) is 0 Å². The zero-order valence-electron chi connectivity index (χ0n) is 21.0. The van der Waals surface area contributed by atoms with Crippen LogP contribution in [0.15, 0.2) is 72.8 Å². The Hall–Kier alpha value is -3.78. The second-order valence-electron chi connectivity index (χ2n) is 9.96. The van der Waals surface area contributed by atoms with E-state index in [1.54, 1.807) is 30.3 Å². The first-order valence-corrected chi connectivity index (χ1v) is 12.6. The van der Waals surface area contributed by atoms with Gasteiger partial charge in [-0.25, -0.2) is 13.6 Å². The zero-order chi connectivity index (χ0) is 26.9.